The molecule has 2 atom stereocenters. The standard InChI is InChI=1S/C24H27N7O3/c32-21-10-15-5-6-16(27-15)13-30(21)18-7-8-20(25-12-18)28-24-26-11-14-9-19(23(33)34)31(22(14)29-24)17-3-1-2-4-17/h7-9,11-12,15-17,27H,1-6,10,13H2,(H,33,34)(H,25,26,28,29). The monoisotopic (exact) mass is 461 g/mol. The third-order valence-corrected chi connectivity index (χ3v) is 7.24. The maximum absolute atomic E-state index is 12.7. The Morgan fingerprint density at radius 2 is 1.91 bits per heavy atom. The van der Waals surface area contributed by atoms with Gasteiger partial charge in [0.25, 0.3) is 0 Å². The lowest BCUT2D eigenvalue weighted by molar-refractivity contribution is -0.118. The summed E-state index contributed by atoms with van der Waals surface area (Å²) in [5.74, 6) is 0.0814. The zero-order valence-corrected chi connectivity index (χ0v) is 18.8. The summed E-state index contributed by atoms with van der Waals surface area (Å²) in [6, 6.07) is 6.10. The van der Waals surface area contributed by atoms with Crippen LogP contribution in [0.3, 0.4) is 0 Å². The number of nitrogens with one attached hydrogen (secondary N) is 2. The molecule has 3 N–H and O–H groups in total. The second-order valence-electron chi connectivity index (χ2n) is 9.49. The van der Waals surface area contributed by atoms with E-state index in [-0.39, 0.29) is 23.7 Å². The summed E-state index contributed by atoms with van der Waals surface area (Å²) in [5.41, 5.74) is 1.65. The average molecular weight is 462 g/mol. The Kier molecular flexibility index (Phi) is 5.17. The lowest BCUT2D eigenvalue weighted by atomic mass is 10.1. The second kappa shape index (κ2) is 8.35. The fraction of sp³-hybridized carbons (Fsp3) is 0.458. The number of fused-ring (bicyclic) bond motifs is 3. The van der Waals surface area contributed by atoms with E-state index in [1.807, 2.05) is 21.6 Å². The molecule has 1 saturated carbocycles. The third kappa shape index (κ3) is 3.77. The number of aromatic carboxylic acids is 1. The van der Waals surface area contributed by atoms with Gasteiger partial charge >= 0.3 is 5.97 Å². The topological polar surface area (TPSA) is 125 Å². The van der Waals surface area contributed by atoms with Crippen LogP contribution in [0.25, 0.3) is 11.0 Å². The molecule has 2 unspecified atom stereocenters. The lowest BCUT2D eigenvalue weighted by Crippen LogP contribution is -2.37. The number of hydrogen-bond donors (Lipinski definition) is 3. The highest BCUT2D eigenvalue weighted by Crippen LogP contribution is 2.34. The largest absolute Gasteiger partial charge is 0.477 e. The number of hydrogen-bond acceptors (Lipinski definition) is 7. The van der Waals surface area contributed by atoms with E-state index >= 15 is 0 Å². The van der Waals surface area contributed by atoms with Crippen molar-refractivity contribution in [2.24, 2.45) is 0 Å². The van der Waals surface area contributed by atoms with E-state index in [1.54, 1.807) is 18.5 Å². The predicted molar refractivity (Wildman–Crippen MR) is 126 cm³/mol. The first-order chi connectivity index (χ1) is 16.5. The van der Waals surface area contributed by atoms with Gasteiger partial charge in [-0.25, -0.2) is 14.8 Å². The maximum atomic E-state index is 12.7. The highest BCUT2D eigenvalue weighted by Gasteiger charge is 2.34. The lowest BCUT2D eigenvalue weighted by Gasteiger charge is -2.24. The van der Waals surface area contributed by atoms with Crippen molar-refractivity contribution in [1.82, 2.24) is 24.8 Å². The van der Waals surface area contributed by atoms with Crippen molar-refractivity contribution in [3.05, 3.63) is 36.3 Å². The van der Waals surface area contributed by atoms with Crippen LogP contribution in [0.15, 0.2) is 30.6 Å². The molecule has 3 fully saturated rings. The van der Waals surface area contributed by atoms with Gasteiger partial charge in [-0.1, -0.05) is 12.8 Å². The predicted octanol–water partition coefficient (Wildman–Crippen LogP) is 3.24. The molecule has 10 nitrogen and oxygen atoms in total. The molecule has 2 bridgehead atoms. The fourth-order valence-corrected chi connectivity index (χ4v) is 5.60. The van der Waals surface area contributed by atoms with Crippen molar-refractivity contribution in [2.75, 3.05) is 16.8 Å². The number of pyridine rings is 1. The fourth-order valence-electron chi connectivity index (χ4n) is 5.60. The van der Waals surface area contributed by atoms with E-state index in [1.165, 1.54) is 0 Å². The van der Waals surface area contributed by atoms with Gasteiger partial charge < -0.3 is 25.2 Å². The molecule has 10 heteroatoms. The van der Waals surface area contributed by atoms with Crippen LogP contribution < -0.4 is 15.5 Å². The summed E-state index contributed by atoms with van der Waals surface area (Å²) >= 11 is 0. The molecule has 1 aliphatic carbocycles. The number of anilines is 3. The summed E-state index contributed by atoms with van der Waals surface area (Å²) in [5, 5.41) is 17.1. The number of aromatic nitrogens is 4. The van der Waals surface area contributed by atoms with Gasteiger partial charge in [0, 0.05) is 42.7 Å². The van der Waals surface area contributed by atoms with E-state index in [0.717, 1.165) is 44.2 Å². The first kappa shape index (κ1) is 21.0. The number of nitrogens with zero attached hydrogens (tertiary/aromatic N) is 5. The molecule has 2 saturated heterocycles. The highest BCUT2D eigenvalue weighted by atomic mass is 16.4. The minimum absolute atomic E-state index is 0.123. The van der Waals surface area contributed by atoms with Gasteiger partial charge in [-0.2, -0.15) is 4.98 Å². The normalized spacial score (nSPS) is 22.9. The molecule has 1 amide bonds. The molecular weight excluding hydrogens is 434 g/mol. The summed E-state index contributed by atoms with van der Waals surface area (Å²) in [4.78, 5) is 39.8. The molecule has 0 aromatic carbocycles. The van der Waals surface area contributed by atoms with Crippen molar-refractivity contribution in [2.45, 2.75) is 63.1 Å². The number of carboxylic acids is 1. The van der Waals surface area contributed by atoms with Crippen molar-refractivity contribution in [1.29, 1.82) is 0 Å². The number of carboxylic acid groups (broad SMARTS) is 1. The Morgan fingerprint density at radius 3 is 2.68 bits per heavy atom. The minimum atomic E-state index is -0.955. The number of amides is 1. The maximum Gasteiger partial charge on any atom is 0.352 e. The van der Waals surface area contributed by atoms with Gasteiger partial charge in [0.15, 0.2) is 0 Å². The summed E-state index contributed by atoms with van der Waals surface area (Å²) in [6.07, 6.45) is 10.1. The molecule has 3 aromatic heterocycles. The van der Waals surface area contributed by atoms with Crippen molar-refractivity contribution < 1.29 is 14.7 Å². The summed E-state index contributed by atoms with van der Waals surface area (Å²) < 4.78 is 1.85. The van der Waals surface area contributed by atoms with Gasteiger partial charge in [0.1, 0.15) is 17.2 Å². The molecule has 34 heavy (non-hydrogen) atoms. The SMILES string of the molecule is O=C(O)c1cc2cnc(Nc3ccc(N4CC5CCC(CC4=O)N5)cn3)nc2n1C1CCCC1. The van der Waals surface area contributed by atoms with E-state index in [4.69, 9.17) is 0 Å². The minimum Gasteiger partial charge on any atom is -0.477 e. The highest BCUT2D eigenvalue weighted by molar-refractivity contribution is 5.94. The Balaban J connectivity index is 1.25. The Hall–Kier alpha value is -3.53. The van der Waals surface area contributed by atoms with Gasteiger partial charge in [0.2, 0.25) is 11.9 Å². The Bertz CT molecular complexity index is 1250. The molecule has 6 rings (SSSR count). The van der Waals surface area contributed by atoms with E-state index < -0.39 is 5.97 Å². The first-order valence-corrected chi connectivity index (χ1v) is 12.0. The van der Waals surface area contributed by atoms with Crippen LogP contribution >= 0.6 is 0 Å². The van der Waals surface area contributed by atoms with Gasteiger partial charge in [-0.3, -0.25) is 4.79 Å². The number of carbonyl (C=O) groups is 2. The van der Waals surface area contributed by atoms with Crippen molar-refractivity contribution in [3.63, 3.8) is 0 Å². The third-order valence-electron chi connectivity index (χ3n) is 7.24. The molecule has 176 valence electrons. The Morgan fingerprint density at radius 1 is 1.09 bits per heavy atom. The van der Waals surface area contributed by atoms with Crippen LogP contribution in [0.1, 0.15) is 61.5 Å². The first-order valence-electron chi connectivity index (χ1n) is 12.0. The van der Waals surface area contributed by atoms with Gasteiger partial charge in [0.05, 0.1) is 11.9 Å². The van der Waals surface area contributed by atoms with Gasteiger partial charge in [-0.05, 0) is 43.9 Å². The zero-order valence-electron chi connectivity index (χ0n) is 18.8. The second-order valence-corrected chi connectivity index (χ2v) is 9.49. The number of rotatable bonds is 5. The van der Waals surface area contributed by atoms with E-state index in [9.17, 15) is 14.7 Å². The van der Waals surface area contributed by atoms with Crippen LogP contribution in [-0.4, -0.2) is 55.1 Å². The van der Waals surface area contributed by atoms with Crippen LogP contribution in [0.4, 0.5) is 17.5 Å². The molecule has 3 aromatic rings. The summed E-state index contributed by atoms with van der Waals surface area (Å²) in [7, 11) is 0. The van der Waals surface area contributed by atoms with Crippen molar-refractivity contribution in [3.8, 4) is 0 Å². The van der Waals surface area contributed by atoms with Crippen LogP contribution in [0.2, 0.25) is 0 Å². The van der Waals surface area contributed by atoms with Gasteiger partial charge in [-0.15, -0.1) is 0 Å². The van der Waals surface area contributed by atoms with Crippen LogP contribution in [-0.2, 0) is 4.79 Å². The molecule has 3 aliphatic rings. The molecule has 0 radical (unpaired) electrons. The molecule has 5 heterocycles. The smallest absolute Gasteiger partial charge is 0.352 e. The zero-order chi connectivity index (χ0) is 23.2. The van der Waals surface area contributed by atoms with E-state index in [2.05, 4.69) is 25.6 Å². The molecular formula is C24H27N7O3. The number of carbonyl (C=O) groups excluding carboxylic acids is 1. The summed E-state index contributed by atoms with van der Waals surface area (Å²) in [6.45, 7) is 0.660. The molecule has 0 spiro atoms. The van der Waals surface area contributed by atoms with Crippen molar-refractivity contribution >= 4 is 40.4 Å². The quantitative estimate of drug-likeness (QED) is 0.529. The van der Waals surface area contributed by atoms with E-state index in [0.29, 0.717) is 41.8 Å². The average Bonchev–Trinajstić information content (AvgIpc) is 3.55. The van der Waals surface area contributed by atoms with Crippen LogP contribution in [0.5, 0.6) is 0 Å². The van der Waals surface area contributed by atoms with Crippen LogP contribution in [0, 0.1) is 0 Å². The molecule has 2 aliphatic heterocycles. The Labute approximate surface area is 196 Å².